The summed E-state index contributed by atoms with van der Waals surface area (Å²) >= 11 is 0. The van der Waals surface area contributed by atoms with Crippen molar-refractivity contribution in [2.75, 3.05) is 6.61 Å². The molecule has 1 aliphatic heterocycles. The number of rotatable bonds is 7. The van der Waals surface area contributed by atoms with Gasteiger partial charge >= 0.3 is 5.97 Å². The summed E-state index contributed by atoms with van der Waals surface area (Å²) in [5, 5.41) is 0. The molecule has 29 heavy (non-hydrogen) atoms. The first-order chi connectivity index (χ1) is 14.3. The molecule has 0 saturated heterocycles. The van der Waals surface area contributed by atoms with Crippen LogP contribution in [0.25, 0.3) is 0 Å². The minimum atomic E-state index is -0.353. The van der Waals surface area contributed by atoms with E-state index in [1.807, 2.05) is 72.8 Å². The Kier molecular flexibility index (Phi) is 6.22. The summed E-state index contributed by atoms with van der Waals surface area (Å²) in [6, 6.07) is 25.7. The zero-order valence-electron chi connectivity index (χ0n) is 16.3. The number of esters is 1. The van der Waals surface area contributed by atoms with Gasteiger partial charge in [-0.1, -0.05) is 72.8 Å². The lowest BCUT2D eigenvalue weighted by Gasteiger charge is -2.27. The molecule has 1 heterocycles. The minimum absolute atomic E-state index is 0.172. The van der Waals surface area contributed by atoms with Crippen molar-refractivity contribution in [1.82, 2.24) is 0 Å². The van der Waals surface area contributed by atoms with Crippen LogP contribution in [0.15, 0.2) is 78.9 Å². The standard InChI is InChI=1S/C25H24O4/c26-24(29-18-20-10-5-2-6-11-20)16-23-25-21(14-15-27-23)12-7-13-22(25)28-17-19-8-3-1-4-9-19/h1-13,23H,14-18H2/t23-/m0/s1. The summed E-state index contributed by atoms with van der Waals surface area (Å²) < 4.78 is 17.5. The van der Waals surface area contributed by atoms with Crippen molar-refractivity contribution in [3.05, 3.63) is 101 Å². The van der Waals surface area contributed by atoms with Crippen LogP contribution in [0.4, 0.5) is 0 Å². The van der Waals surface area contributed by atoms with Crippen molar-refractivity contribution >= 4 is 5.97 Å². The Bertz CT molecular complexity index is 938. The number of benzene rings is 3. The molecule has 4 nitrogen and oxygen atoms in total. The molecule has 0 bridgehead atoms. The van der Waals surface area contributed by atoms with Crippen LogP contribution in [-0.2, 0) is 33.9 Å². The highest BCUT2D eigenvalue weighted by Gasteiger charge is 2.27. The molecule has 0 fully saturated rings. The fourth-order valence-corrected chi connectivity index (χ4v) is 3.54. The van der Waals surface area contributed by atoms with Gasteiger partial charge in [0.1, 0.15) is 19.0 Å². The molecule has 0 spiro atoms. The van der Waals surface area contributed by atoms with E-state index in [1.165, 1.54) is 5.56 Å². The molecular weight excluding hydrogens is 364 g/mol. The molecule has 0 amide bonds. The van der Waals surface area contributed by atoms with Crippen LogP contribution in [0.3, 0.4) is 0 Å². The topological polar surface area (TPSA) is 44.8 Å². The highest BCUT2D eigenvalue weighted by molar-refractivity contribution is 5.71. The number of ether oxygens (including phenoxy) is 3. The normalized spacial score (nSPS) is 15.4. The van der Waals surface area contributed by atoms with E-state index in [-0.39, 0.29) is 25.1 Å². The van der Waals surface area contributed by atoms with Gasteiger partial charge in [0.15, 0.2) is 0 Å². The van der Waals surface area contributed by atoms with Crippen molar-refractivity contribution < 1.29 is 19.0 Å². The Balaban J connectivity index is 1.44. The lowest BCUT2D eigenvalue weighted by atomic mass is 9.94. The lowest BCUT2D eigenvalue weighted by molar-refractivity contribution is -0.148. The quantitative estimate of drug-likeness (QED) is 0.534. The summed E-state index contributed by atoms with van der Waals surface area (Å²) in [7, 11) is 0. The summed E-state index contributed by atoms with van der Waals surface area (Å²) in [6.45, 7) is 1.33. The van der Waals surface area contributed by atoms with Crippen molar-refractivity contribution in [3.8, 4) is 5.75 Å². The van der Waals surface area contributed by atoms with Gasteiger partial charge in [0.05, 0.1) is 19.1 Å². The molecule has 1 aliphatic rings. The van der Waals surface area contributed by atoms with Crippen LogP contribution in [0.5, 0.6) is 5.75 Å². The predicted molar refractivity (Wildman–Crippen MR) is 110 cm³/mol. The number of carbonyl (C=O) groups is 1. The maximum atomic E-state index is 12.4. The Morgan fingerprint density at radius 3 is 2.28 bits per heavy atom. The molecule has 1 atom stereocenters. The predicted octanol–water partition coefficient (Wildman–Crippen LogP) is 5.01. The van der Waals surface area contributed by atoms with Crippen molar-refractivity contribution in [1.29, 1.82) is 0 Å². The Morgan fingerprint density at radius 1 is 0.862 bits per heavy atom. The third kappa shape index (κ3) is 5.04. The van der Waals surface area contributed by atoms with Gasteiger partial charge in [-0.3, -0.25) is 4.79 Å². The second kappa shape index (κ2) is 9.39. The van der Waals surface area contributed by atoms with E-state index in [0.717, 1.165) is 28.9 Å². The minimum Gasteiger partial charge on any atom is -0.489 e. The second-order valence-corrected chi connectivity index (χ2v) is 7.06. The molecule has 4 heteroatoms. The maximum absolute atomic E-state index is 12.4. The Hall–Kier alpha value is -3.11. The highest BCUT2D eigenvalue weighted by Crippen LogP contribution is 2.37. The van der Waals surface area contributed by atoms with Gasteiger partial charge in [0.25, 0.3) is 0 Å². The number of hydrogen-bond acceptors (Lipinski definition) is 4. The van der Waals surface area contributed by atoms with E-state index in [1.54, 1.807) is 0 Å². The van der Waals surface area contributed by atoms with E-state index in [9.17, 15) is 4.79 Å². The fourth-order valence-electron chi connectivity index (χ4n) is 3.54. The first-order valence-corrected chi connectivity index (χ1v) is 9.89. The Morgan fingerprint density at radius 2 is 1.55 bits per heavy atom. The molecule has 0 aromatic heterocycles. The van der Waals surface area contributed by atoms with E-state index >= 15 is 0 Å². The molecule has 0 saturated carbocycles. The van der Waals surface area contributed by atoms with Gasteiger partial charge in [-0.25, -0.2) is 0 Å². The first kappa shape index (κ1) is 19.2. The molecule has 0 N–H and O–H groups in total. The lowest BCUT2D eigenvalue weighted by Crippen LogP contribution is -2.21. The van der Waals surface area contributed by atoms with Gasteiger partial charge in [-0.2, -0.15) is 0 Å². The first-order valence-electron chi connectivity index (χ1n) is 9.89. The largest absolute Gasteiger partial charge is 0.489 e. The van der Waals surface area contributed by atoms with Crippen LogP contribution in [0.2, 0.25) is 0 Å². The van der Waals surface area contributed by atoms with E-state index in [4.69, 9.17) is 14.2 Å². The molecule has 148 valence electrons. The SMILES string of the molecule is O=C(C[C@@H]1OCCc2cccc(OCc3ccccc3)c21)OCc1ccccc1. The van der Waals surface area contributed by atoms with Crippen LogP contribution in [0, 0.1) is 0 Å². The Labute approximate surface area is 171 Å². The third-order valence-electron chi connectivity index (χ3n) is 5.00. The van der Waals surface area contributed by atoms with E-state index in [0.29, 0.717) is 13.2 Å². The smallest absolute Gasteiger partial charge is 0.309 e. The molecule has 0 aliphatic carbocycles. The average Bonchev–Trinajstić information content (AvgIpc) is 2.78. The fraction of sp³-hybridized carbons (Fsp3) is 0.240. The zero-order valence-corrected chi connectivity index (χ0v) is 16.3. The molecule has 3 aromatic carbocycles. The number of carbonyl (C=O) groups excluding carboxylic acids is 1. The van der Waals surface area contributed by atoms with Gasteiger partial charge in [-0.15, -0.1) is 0 Å². The molecular formula is C25H24O4. The van der Waals surface area contributed by atoms with Crippen LogP contribution >= 0.6 is 0 Å². The third-order valence-corrected chi connectivity index (χ3v) is 5.00. The van der Waals surface area contributed by atoms with Crippen molar-refractivity contribution in [2.45, 2.75) is 32.2 Å². The molecule has 4 rings (SSSR count). The van der Waals surface area contributed by atoms with Crippen molar-refractivity contribution in [3.63, 3.8) is 0 Å². The molecule has 0 unspecified atom stereocenters. The number of fused-ring (bicyclic) bond motifs is 1. The van der Waals surface area contributed by atoms with Gasteiger partial charge < -0.3 is 14.2 Å². The summed E-state index contributed by atoms with van der Waals surface area (Å²) in [6.07, 6.45) is 0.632. The number of hydrogen-bond donors (Lipinski definition) is 0. The second-order valence-electron chi connectivity index (χ2n) is 7.06. The van der Waals surface area contributed by atoms with Crippen molar-refractivity contribution in [2.24, 2.45) is 0 Å². The van der Waals surface area contributed by atoms with Gasteiger partial charge in [0.2, 0.25) is 0 Å². The zero-order chi connectivity index (χ0) is 19.9. The maximum Gasteiger partial charge on any atom is 0.309 e. The van der Waals surface area contributed by atoms with E-state index in [2.05, 4.69) is 6.07 Å². The summed E-state index contributed by atoms with van der Waals surface area (Å²) in [5.74, 6) is 0.497. The van der Waals surface area contributed by atoms with Crippen LogP contribution in [-0.4, -0.2) is 12.6 Å². The van der Waals surface area contributed by atoms with Gasteiger partial charge in [-0.05, 0) is 29.2 Å². The van der Waals surface area contributed by atoms with E-state index < -0.39 is 0 Å². The average molecular weight is 388 g/mol. The summed E-state index contributed by atoms with van der Waals surface area (Å²) in [5.41, 5.74) is 4.20. The monoisotopic (exact) mass is 388 g/mol. The van der Waals surface area contributed by atoms with Crippen LogP contribution < -0.4 is 4.74 Å². The van der Waals surface area contributed by atoms with Crippen LogP contribution in [0.1, 0.15) is 34.8 Å². The highest BCUT2D eigenvalue weighted by atomic mass is 16.5. The molecule has 0 radical (unpaired) electrons. The summed E-state index contributed by atoms with van der Waals surface area (Å²) in [4.78, 5) is 12.4. The molecule has 3 aromatic rings. The van der Waals surface area contributed by atoms with Gasteiger partial charge in [0, 0.05) is 5.56 Å².